The van der Waals surface area contributed by atoms with E-state index in [1.54, 1.807) is 32.4 Å². The normalized spacial score (nSPS) is 16.3. The highest BCUT2D eigenvalue weighted by Gasteiger charge is 2.23. The van der Waals surface area contributed by atoms with Gasteiger partial charge in [-0.2, -0.15) is 0 Å². The molecule has 23 heavy (non-hydrogen) atoms. The molecule has 3 rings (SSSR count). The van der Waals surface area contributed by atoms with Gasteiger partial charge in [0, 0.05) is 0 Å². The van der Waals surface area contributed by atoms with Crippen molar-refractivity contribution < 1.29 is 14.3 Å². The molecule has 1 aliphatic rings. The van der Waals surface area contributed by atoms with Crippen molar-refractivity contribution in [3.8, 4) is 11.5 Å². The summed E-state index contributed by atoms with van der Waals surface area (Å²) in [5, 5.41) is 3.14. The van der Waals surface area contributed by atoms with Crippen LogP contribution in [0.1, 0.15) is 40.4 Å². The van der Waals surface area contributed by atoms with E-state index in [1.165, 1.54) is 11.1 Å². The third kappa shape index (κ3) is 3.16. The molecule has 0 spiro atoms. The maximum atomic E-state index is 12.7. The Morgan fingerprint density at radius 3 is 2.74 bits per heavy atom. The number of hydrogen-bond donors (Lipinski definition) is 1. The summed E-state index contributed by atoms with van der Waals surface area (Å²) >= 11 is 0. The standard InChI is InChI=1S/C19H21NO3/c1-22-14-10-11-18(23-2)16(12-14)19(21)20-17-9-5-7-13-6-3-4-8-15(13)17/h3-4,6,8,10-12,17H,5,7,9H2,1-2H3,(H,20,21)/t17-/m0/s1. The van der Waals surface area contributed by atoms with Gasteiger partial charge in [-0.1, -0.05) is 24.3 Å². The van der Waals surface area contributed by atoms with Crippen LogP contribution in [0.5, 0.6) is 11.5 Å². The van der Waals surface area contributed by atoms with E-state index < -0.39 is 0 Å². The first-order valence-corrected chi connectivity index (χ1v) is 7.83. The van der Waals surface area contributed by atoms with Gasteiger partial charge in [0.1, 0.15) is 11.5 Å². The third-order valence-electron chi connectivity index (χ3n) is 4.33. The molecule has 0 saturated carbocycles. The molecule has 0 heterocycles. The van der Waals surface area contributed by atoms with Gasteiger partial charge in [-0.15, -0.1) is 0 Å². The molecule has 0 aromatic heterocycles. The van der Waals surface area contributed by atoms with E-state index in [2.05, 4.69) is 17.4 Å². The molecule has 2 aromatic carbocycles. The summed E-state index contributed by atoms with van der Waals surface area (Å²) in [4.78, 5) is 12.7. The predicted molar refractivity (Wildman–Crippen MR) is 89.1 cm³/mol. The third-order valence-corrected chi connectivity index (χ3v) is 4.33. The molecule has 1 N–H and O–H groups in total. The Morgan fingerprint density at radius 2 is 1.96 bits per heavy atom. The highest BCUT2D eigenvalue weighted by atomic mass is 16.5. The quantitative estimate of drug-likeness (QED) is 0.940. The Morgan fingerprint density at radius 1 is 1.13 bits per heavy atom. The SMILES string of the molecule is COc1ccc(OC)c(C(=O)N[C@H]2CCCc3ccccc32)c1. The highest BCUT2D eigenvalue weighted by molar-refractivity contribution is 5.97. The van der Waals surface area contributed by atoms with E-state index in [-0.39, 0.29) is 11.9 Å². The van der Waals surface area contributed by atoms with Crippen LogP contribution >= 0.6 is 0 Å². The molecule has 0 saturated heterocycles. The van der Waals surface area contributed by atoms with Gasteiger partial charge in [-0.3, -0.25) is 4.79 Å². The summed E-state index contributed by atoms with van der Waals surface area (Å²) in [5.41, 5.74) is 3.03. The number of nitrogens with one attached hydrogen (secondary N) is 1. The van der Waals surface area contributed by atoms with Crippen molar-refractivity contribution in [3.63, 3.8) is 0 Å². The largest absolute Gasteiger partial charge is 0.497 e. The average molecular weight is 311 g/mol. The minimum Gasteiger partial charge on any atom is -0.497 e. The Labute approximate surface area is 136 Å². The van der Waals surface area contributed by atoms with E-state index in [4.69, 9.17) is 9.47 Å². The van der Waals surface area contributed by atoms with Crippen LogP contribution in [0.4, 0.5) is 0 Å². The number of fused-ring (bicyclic) bond motifs is 1. The van der Waals surface area contributed by atoms with Gasteiger partial charge in [-0.05, 0) is 48.6 Å². The van der Waals surface area contributed by atoms with E-state index in [0.29, 0.717) is 17.1 Å². The van der Waals surface area contributed by atoms with Crippen LogP contribution in [0.2, 0.25) is 0 Å². The Balaban J connectivity index is 1.86. The van der Waals surface area contributed by atoms with Gasteiger partial charge in [0.25, 0.3) is 5.91 Å². The fourth-order valence-electron chi connectivity index (χ4n) is 3.13. The van der Waals surface area contributed by atoms with Gasteiger partial charge < -0.3 is 14.8 Å². The van der Waals surface area contributed by atoms with Crippen molar-refractivity contribution in [2.45, 2.75) is 25.3 Å². The van der Waals surface area contributed by atoms with Gasteiger partial charge in [0.2, 0.25) is 0 Å². The smallest absolute Gasteiger partial charge is 0.255 e. The van der Waals surface area contributed by atoms with Crippen LogP contribution < -0.4 is 14.8 Å². The number of benzene rings is 2. The van der Waals surface area contributed by atoms with Crippen molar-refractivity contribution >= 4 is 5.91 Å². The second kappa shape index (κ2) is 6.73. The molecule has 2 aromatic rings. The zero-order chi connectivity index (χ0) is 16.2. The first-order valence-electron chi connectivity index (χ1n) is 7.83. The van der Waals surface area contributed by atoms with Crippen molar-refractivity contribution in [1.29, 1.82) is 0 Å². The fourth-order valence-corrected chi connectivity index (χ4v) is 3.13. The van der Waals surface area contributed by atoms with Crippen molar-refractivity contribution in [1.82, 2.24) is 5.32 Å². The fraction of sp³-hybridized carbons (Fsp3) is 0.316. The number of carbonyl (C=O) groups excluding carboxylic acids is 1. The van der Waals surface area contributed by atoms with E-state index >= 15 is 0 Å². The molecule has 0 radical (unpaired) electrons. The summed E-state index contributed by atoms with van der Waals surface area (Å²) in [6.07, 6.45) is 3.11. The van der Waals surface area contributed by atoms with Crippen LogP contribution in [0.25, 0.3) is 0 Å². The minimum atomic E-state index is -0.137. The van der Waals surface area contributed by atoms with Gasteiger partial charge in [-0.25, -0.2) is 0 Å². The zero-order valence-corrected chi connectivity index (χ0v) is 13.5. The second-order valence-corrected chi connectivity index (χ2v) is 5.68. The lowest BCUT2D eigenvalue weighted by Crippen LogP contribution is -2.31. The number of ether oxygens (including phenoxy) is 2. The Hall–Kier alpha value is -2.49. The second-order valence-electron chi connectivity index (χ2n) is 5.68. The number of rotatable bonds is 4. The summed E-state index contributed by atoms with van der Waals surface area (Å²) in [7, 11) is 3.15. The summed E-state index contributed by atoms with van der Waals surface area (Å²) in [6, 6.07) is 13.6. The number of aryl methyl sites for hydroxylation is 1. The number of hydrogen-bond acceptors (Lipinski definition) is 3. The van der Waals surface area contributed by atoms with Crippen LogP contribution in [-0.4, -0.2) is 20.1 Å². The lowest BCUT2D eigenvalue weighted by Gasteiger charge is -2.26. The van der Waals surface area contributed by atoms with Crippen LogP contribution in [0, 0.1) is 0 Å². The number of methoxy groups -OCH3 is 2. The maximum absolute atomic E-state index is 12.7. The molecule has 1 amide bonds. The molecular weight excluding hydrogens is 290 g/mol. The lowest BCUT2D eigenvalue weighted by molar-refractivity contribution is 0.0929. The van der Waals surface area contributed by atoms with Crippen molar-refractivity contribution in [3.05, 3.63) is 59.2 Å². The first kappa shape index (κ1) is 15.4. The van der Waals surface area contributed by atoms with Crippen molar-refractivity contribution in [2.24, 2.45) is 0 Å². The molecule has 0 fully saturated rings. The predicted octanol–water partition coefficient (Wildman–Crippen LogP) is 3.51. The monoisotopic (exact) mass is 311 g/mol. The van der Waals surface area contributed by atoms with E-state index in [1.807, 2.05) is 12.1 Å². The van der Waals surface area contributed by atoms with E-state index in [0.717, 1.165) is 19.3 Å². The first-order chi connectivity index (χ1) is 11.2. The lowest BCUT2D eigenvalue weighted by atomic mass is 9.87. The van der Waals surface area contributed by atoms with Crippen molar-refractivity contribution in [2.75, 3.05) is 14.2 Å². The molecule has 0 unspecified atom stereocenters. The minimum absolute atomic E-state index is 0.0448. The molecule has 120 valence electrons. The maximum Gasteiger partial charge on any atom is 0.255 e. The summed E-state index contributed by atoms with van der Waals surface area (Å²) in [6.45, 7) is 0. The van der Waals surface area contributed by atoms with Crippen LogP contribution in [-0.2, 0) is 6.42 Å². The molecule has 0 bridgehead atoms. The van der Waals surface area contributed by atoms with Crippen LogP contribution in [0.15, 0.2) is 42.5 Å². The van der Waals surface area contributed by atoms with Gasteiger partial charge >= 0.3 is 0 Å². The average Bonchev–Trinajstić information content (AvgIpc) is 2.61. The number of carbonyl (C=O) groups is 1. The van der Waals surface area contributed by atoms with Crippen LogP contribution in [0.3, 0.4) is 0 Å². The van der Waals surface area contributed by atoms with Gasteiger partial charge in [0.05, 0.1) is 25.8 Å². The Kier molecular flexibility index (Phi) is 4.51. The molecular formula is C19H21NO3. The number of amides is 1. The molecule has 0 aliphatic heterocycles. The Bertz CT molecular complexity index is 712. The van der Waals surface area contributed by atoms with E-state index in [9.17, 15) is 4.79 Å². The summed E-state index contributed by atoms with van der Waals surface area (Å²) < 4.78 is 10.5. The van der Waals surface area contributed by atoms with Gasteiger partial charge in [0.15, 0.2) is 0 Å². The summed E-state index contributed by atoms with van der Waals surface area (Å²) in [5.74, 6) is 1.05. The molecule has 1 aliphatic carbocycles. The molecule has 1 atom stereocenters. The topological polar surface area (TPSA) is 47.6 Å². The molecule has 4 heteroatoms. The highest BCUT2D eigenvalue weighted by Crippen LogP contribution is 2.31. The molecule has 4 nitrogen and oxygen atoms in total. The zero-order valence-electron chi connectivity index (χ0n) is 13.5.